The zero-order chi connectivity index (χ0) is 13.7. The van der Waals surface area contributed by atoms with Gasteiger partial charge in [-0.05, 0) is 69.1 Å². The van der Waals surface area contributed by atoms with Crippen molar-refractivity contribution in [3.63, 3.8) is 0 Å². The number of hydroxylamine groups is 2. The summed E-state index contributed by atoms with van der Waals surface area (Å²) in [7, 11) is 0. The van der Waals surface area contributed by atoms with Crippen molar-refractivity contribution in [1.82, 2.24) is 5.06 Å². The second kappa shape index (κ2) is 4.69. The summed E-state index contributed by atoms with van der Waals surface area (Å²) < 4.78 is 0. The van der Waals surface area contributed by atoms with Crippen LogP contribution in [0.5, 0.6) is 0 Å². The van der Waals surface area contributed by atoms with Crippen molar-refractivity contribution < 1.29 is 9.63 Å². The standard InChI is InChI=1S/C16H23NO2S/c18-15(19-17-4-2-1-3-14(17)20)16-8-11-5-12(9-16)7-13(6-11)10-16/h11-13H,1-10H2. The number of nitrogens with zero attached hydrogens (tertiary/aromatic N) is 1. The average Bonchev–Trinajstić information content (AvgIpc) is 2.40. The lowest BCUT2D eigenvalue weighted by molar-refractivity contribution is -0.200. The van der Waals surface area contributed by atoms with Crippen LogP contribution in [0.1, 0.15) is 57.8 Å². The van der Waals surface area contributed by atoms with E-state index < -0.39 is 0 Å². The molecule has 20 heavy (non-hydrogen) atoms. The molecular weight excluding hydrogens is 270 g/mol. The number of carbonyl (C=O) groups is 1. The zero-order valence-electron chi connectivity index (χ0n) is 12.0. The van der Waals surface area contributed by atoms with E-state index in [0.29, 0.717) is 0 Å². The molecule has 0 atom stereocenters. The van der Waals surface area contributed by atoms with Crippen LogP contribution in [0.2, 0.25) is 0 Å². The molecule has 5 aliphatic rings. The third-order valence-electron chi connectivity index (χ3n) is 5.94. The number of thiocarbonyl (C=S) groups is 1. The Morgan fingerprint density at radius 1 is 1.10 bits per heavy atom. The maximum atomic E-state index is 12.8. The van der Waals surface area contributed by atoms with Gasteiger partial charge in [0.15, 0.2) is 0 Å². The Kier molecular flexibility index (Phi) is 3.06. The Balaban J connectivity index is 1.49. The first-order valence-corrected chi connectivity index (χ1v) is 8.58. The summed E-state index contributed by atoms with van der Waals surface area (Å²) >= 11 is 5.34. The molecule has 0 amide bonds. The van der Waals surface area contributed by atoms with Gasteiger partial charge in [-0.1, -0.05) is 12.2 Å². The van der Waals surface area contributed by atoms with Crippen LogP contribution in [0.25, 0.3) is 0 Å². The van der Waals surface area contributed by atoms with E-state index in [9.17, 15) is 4.79 Å². The van der Waals surface area contributed by atoms with Crippen LogP contribution >= 0.6 is 12.2 Å². The third kappa shape index (κ3) is 2.07. The number of piperidine rings is 1. The highest BCUT2D eigenvalue weighted by Gasteiger charge is 2.56. The van der Waals surface area contributed by atoms with Gasteiger partial charge in [-0.15, -0.1) is 0 Å². The van der Waals surface area contributed by atoms with Crippen LogP contribution in [-0.4, -0.2) is 22.6 Å². The largest absolute Gasteiger partial charge is 0.340 e. The molecule has 5 rings (SSSR count). The molecule has 4 aliphatic carbocycles. The molecule has 1 aliphatic heterocycles. The van der Waals surface area contributed by atoms with E-state index in [2.05, 4.69) is 0 Å². The zero-order valence-corrected chi connectivity index (χ0v) is 12.8. The van der Waals surface area contributed by atoms with Gasteiger partial charge in [0.1, 0.15) is 4.99 Å². The van der Waals surface area contributed by atoms with Crippen LogP contribution < -0.4 is 0 Å². The van der Waals surface area contributed by atoms with E-state index in [1.54, 1.807) is 5.06 Å². The molecule has 1 heterocycles. The summed E-state index contributed by atoms with van der Waals surface area (Å²) in [5, 5.41) is 1.71. The summed E-state index contributed by atoms with van der Waals surface area (Å²) in [5.74, 6) is 2.37. The van der Waals surface area contributed by atoms with Gasteiger partial charge in [0.25, 0.3) is 0 Å². The van der Waals surface area contributed by atoms with Gasteiger partial charge in [0.2, 0.25) is 0 Å². The third-order valence-corrected chi connectivity index (χ3v) is 6.35. The quantitative estimate of drug-likeness (QED) is 0.729. The van der Waals surface area contributed by atoms with E-state index in [1.165, 1.54) is 19.3 Å². The second-order valence-electron chi connectivity index (χ2n) is 7.53. The van der Waals surface area contributed by atoms with Crippen LogP contribution in [0.3, 0.4) is 0 Å². The highest BCUT2D eigenvalue weighted by molar-refractivity contribution is 7.80. The molecule has 4 heteroatoms. The van der Waals surface area contributed by atoms with E-state index in [-0.39, 0.29) is 11.4 Å². The summed E-state index contributed by atoms with van der Waals surface area (Å²) in [6.07, 6.45) is 10.4. The topological polar surface area (TPSA) is 29.5 Å². The monoisotopic (exact) mass is 293 g/mol. The van der Waals surface area contributed by atoms with Crippen LogP contribution in [0.4, 0.5) is 0 Å². The number of rotatable bonds is 2. The molecule has 1 saturated heterocycles. The molecule has 110 valence electrons. The molecule has 0 aromatic rings. The summed E-state index contributed by atoms with van der Waals surface area (Å²) in [6, 6.07) is 0. The SMILES string of the molecule is O=C(ON1CCCCC1=S)C12CC3CC(CC(C3)C1)C2. The van der Waals surface area contributed by atoms with E-state index in [1.807, 2.05) is 0 Å². The first-order valence-electron chi connectivity index (χ1n) is 8.17. The van der Waals surface area contributed by atoms with Crippen molar-refractivity contribution in [2.75, 3.05) is 6.54 Å². The molecule has 0 N–H and O–H groups in total. The Morgan fingerprint density at radius 2 is 1.70 bits per heavy atom. The summed E-state index contributed by atoms with van der Waals surface area (Å²) in [4.78, 5) is 19.3. The highest BCUT2D eigenvalue weighted by atomic mass is 32.1. The maximum Gasteiger partial charge on any atom is 0.338 e. The van der Waals surface area contributed by atoms with Gasteiger partial charge in [-0.2, -0.15) is 5.06 Å². The van der Waals surface area contributed by atoms with Crippen molar-refractivity contribution in [2.24, 2.45) is 23.2 Å². The molecule has 5 fully saturated rings. The molecule has 0 aromatic carbocycles. The van der Waals surface area contributed by atoms with E-state index >= 15 is 0 Å². The molecular formula is C16H23NO2S. The molecule has 0 radical (unpaired) electrons. The summed E-state index contributed by atoms with van der Waals surface area (Å²) in [6.45, 7) is 0.789. The molecule has 0 aromatic heterocycles. The maximum absolute atomic E-state index is 12.8. The fourth-order valence-electron chi connectivity index (χ4n) is 5.44. The minimum atomic E-state index is -0.165. The van der Waals surface area contributed by atoms with Gasteiger partial charge in [-0.3, -0.25) is 0 Å². The van der Waals surface area contributed by atoms with Crippen LogP contribution in [0, 0.1) is 23.2 Å². The number of hydrogen-bond donors (Lipinski definition) is 0. The van der Waals surface area contributed by atoms with Crippen molar-refractivity contribution in [2.45, 2.75) is 57.8 Å². The minimum Gasteiger partial charge on any atom is -0.340 e. The van der Waals surface area contributed by atoms with Gasteiger partial charge in [0, 0.05) is 6.42 Å². The molecule has 0 spiro atoms. The van der Waals surface area contributed by atoms with Gasteiger partial charge in [0.05, 0.1) is 12.0 Å². The van der Waals surface area contributed by atoms with Crippen molar-refractivity contribution >= 4 is 23.2 Å². The smallest absolute Gasteiger partial charge is 0.338 e. The Bertz CT molecular complexity index is 412. The highest BCUT2D eigenvalue weighted by Crippen LogP contribution is 2.60. The van der Waals surface area contributed by atoms with Crippen molar-refractivity contribution in [1.29, 1.82) is 0 Å². The first-order chi connectivity index (χ1) is 9.64. The molecule has 0 unspecified atom stereocenters. The fraction of sp³-hybridized carbons (Fsp3) is 0.875. The normalized spacial score (nSPS) is 42.9. The van der Waals surface area contributed by atoms with Crippen LogP contribution in [0.15, 0.2) is 0 Å². The van der Waals surface area contributed by atoms with E-state index in [0.717, 1.165) is 67.8 Å². The van der Waals surface area contributed by atoms with Gasteiger partial charge < -0.3 is 4.84 Å². The Hall–Kier alpha value is -0.640. The minimum absolute atomic E-state index is 0.0286. The lowest BCUT2D eigenvalue weighted by Crippen LogP contribution is -2.52. The fourth-order valence-corrected chi connectivity index (χ4v) is 5.71. The molecule has 4 saturated carbocycles. The number of carbonyl (C=O) groups excluding carboxylic acids is 1. The van der Waals surface area contributed by atoms with E-state index in [4.69, 9.17) is 17.1 Å². The Labute approximate surface area is 126 Å². The second-order valence-corrected chi connectivity index (χ2v) is 8.00. The first kappa shape index (κ1) is 13.1. The van der Waals surface area contributed by atoms with Gasteiger partial charge >= 0.3 is 5.97 Å². The average molecular weight is 293 g/mol. The lowest BCUT2D eigenvalue weighted by atomic mass is 9.49. The molecule has 3 nitrogen and oxygen atoms in total. The van der Waals surface area contributed by atoms with Crippen molar-refractivity contribution in [3.05, 3.63) is 0 Å². The van der Waals surface area contributed by atoms with Crippen LogP contribution in [-0.2, 0) is 9.63 Å². The summed E-state index contributed by atoms with van der Waals surface area (Å²) in [5.41, 5.74) is -0.165. The van der Waals surface area contributed by atoms with Gasteiger partial charge in [-0.25, -0.2) is 4.79 Å². The Morgan fingerprint density at radius 3 is 2.25 bits per heavy atom. The lowest BCUT2D eigenvalue weighted by Gasteiger charge is -2.55. The predicted octanol–water partition coefficient (Wildman–Crippen LogP) is 3.47. The predicted molar refractivity (Wildman–Crippen MR) is 79.9 cm³/mol. The molecule has 4 bridgehead atoms. The number of hydrogen-bond acceptors (Lipinski definition) is 3. The van der Waals surface area contributed by atoms with Crippen molar-refractivity contribution in [3.8, 4) is 0 Å².